The van der Waals surface area contributed by atoms with E-state index in [4.69, 9.17) is 16.7 Å². The Bertz CT molecular complexity index is 1120. The first kappa shape index (κ1) is 20.1. The molecule has 1 atom stereocenters. The fourth-order valence-electron chi connectivity index (χ4n) is 4.07. The van der Waals surface area contributed by atoms with Gasteiger partial charge in [-0.2, -0.15) is 0 Å². The molecule has 4 nitrogen and oxygen atoms in total. The summed E-state index contributed by atoms with van der Waals surface area (Å²) in [4.78, 5) is 2.39. The van der Waals surface area contributed by atoms with E-state index in [1.807, 2.05) is 12.1 Å². The van der Waals surface area contributed by atoms with Gasteiger partial charge in [0, 0.05) is 19.1 Å². The van der Waals surface area contributed by atoms with Crippen molar-refractivity contribution in [1.82, 2.24) is 4.90 Å². The monoisotopic (exact) mass is 426 g/mol. The van der Waals surface area contributed by atoms with Gasteiger partial charge < -0.3 is 0 Å². The third-order valence-corrected chi connectivity index (χ3v) is 6.88. The van der Waals surface area contributed by atoms with Gasteiger partial charge in [0.2, 0.25) is 10.0 Å². The molecule has 1 unspecified atom stereocenters. The summed E-state index contributed by atoms with van der Waals surface area (Å²) >= 11 is 6.05. The fraction of sp³-hybridized carbons (Fsp3) is 0.217. The van der Waals surface area contributed by atoms with Crippen LogP contribution < -0.4 is 5.14 Å². The molecule has 3 aromatic carbocycles. The molecule has 0 bridgehead atoms. The van der Waals surface area contributed by atoms with Gasteiger partial charge in [-0.25, -0.2) is 13.6 Å². The molecule has 0 radical (unpaired) electrons. The molecule has 150 valence electrons. The summed E-state index contributed by atoms with van der Waals surface area (Å²) in [6, 6.07) is 24.3. The van der Waals surface area contributed by atoms with Gasteiger partial charge in [-0.15, -0.1) is 0 Å². The summed E-state index contributed by atoms with van der Waals surface area (Å²) in [6.07, 6.45) is 1.87. The second-order valence-electron chi connectivity index (χ2n) is 7.43. The third-order valence-electron chi connectivity index (χ3n) is 5.48. The number of rotatable bonds is 5. The molecule has 0 saturated heterocycles. The van der Waals surface area contributed by atoms with E-state index < -0.39 is 10.0 Å². The van der Waals surface area contributed by atoms with E-state index in [2.05, 4.69) is 53.4 Å². The fourth-order valence-corrected chi connectivity index (χ4v) is 5.16. The number of hydrogen-bond donors (Lipinski definition) is 1. The van der Waals surface area contributed by atoms with Crippen LogP contribution in [-0.4, -0.2) is 19.9 Å². The topological polar surface area (TPSA) is 63.4 Å². The zero-order chi connectivity index (χ0) is 20.4. The first-order valence-electron chi connectivity index (χ1n) is 9.59. The van der Waals surface area contributed by atoms with E-state index >= 15 is 0 Å². The van der Waals surface area contributed by atoms with Gasteiger partial charge in [-0.3, -0.25) is 4.90 Å². The molecule has 0 aromatic heterocycles. The summed E-state index contributed by atoms with van der Waals surface area (Å²) in [5.74, 6) is 0. The number of nitrogens with zero attached hydrogens (tertiary/aromatic N) is 1. The zero-order valence-corrected chi connectivity index (χ0v) is 17.5. The Kier molecular flexibility index (Phi) is 5.74. The van der Waals surface area contributed by atoms with Gasteiger partial charge in [0.25, 0.3) is 0 Å². The lowest BCUT2D eigenvalue weighted by molar-refractivity contribution is 0.174. The van der Waals surface area contributed by atoms with Crippen molar-refractivity contribution in [1.29, 1.82) is 0 Å². The predicted octanol–water partition coefficient (Wildman–Crippen LogP) is 4.33. The van der Waals surface area contributed by atoms with Crippen LogP contribution in [0.2, 0.25) is 5.02 Å². The summed E-state index contributed by atoms with van der Waals surface area (Å²) in [6.45, 7) is 1.54. The van der Waals surface area contributed by atoms with Crippen molar-refractivity contribution in [3.63, 3.8) is 0 Å². The standard InChI is InChI=1S/C23H23ClN2O2S/c24-21-11-10-18(15-23(21)29(25,27)28)16-26-13-12-19-8-4-5-9-20(19)22(26)14-17-6-2-1-3-7-17/h1-11,15,22H,12-14,16H2,(H2,25,27,28). The van der Waals surface area contributed by atoms with Crippen molar-refractivity contribution < 1.29 is 8.42 Å². The zero-order valence-electron chi connectivity index (χ0n) is 16.0. The van der Waals surface area contributed by atoms with Crippen molar-refractivity contribution in [3.05, 3.63) is 100 Å². The molecular formula is C23H23ClN2O2S. The number of fused-ring (bicyclic) bond motifs is 1. The normalized spacial score (nSPS) is 17.1. The maximum Gasteiger partial charge on any atom is 0.239 e. The third kappa shape index (κ3) is 4.54. The molecule has 3 aromatic rings. The van der Waals surface area contributed by atoms with Gasteiger partial charge in [0.05, 0.1) is 5.02 Å². The molecule has 4 rings (SSSR count). The molecule has 1 heterocycles. The Hall–Kier alpha value is -2.18. The number of benzene rings is 3. The van der Waals surface area contributed by atoms with Gasteiger partial charge in [0.1, 0.15) is 4.90 Å². The smallest absolute Gasteiger partial charge is 0.239 e. The summed E-state index contributed by atoms with van der Waals surface area (Å²) in [5, 5.41) is 5.48. The van der Waals surface area contributed by atoms with Crippen LogP contribution in [0.25, 0.3) is 0 Å². The van der Waals surface area contributed by atoms with Crippen molar-refractivity contribution in [2.75, 3.05) is 6.54 Å². The average molecular weight is 427 g/mol. The quantitative estimate of drug-likeness (QED) is 0.660. The number of primary sulfonamides is 1. The molecule has 0 fully saturated rings. The van der Waals surface area contributed by atoms with Crippen molar-refractivity contribution in [2.45, 2.75) is 30.3 Å². The van der Waals surface area contributed by atoms with Crippen molar-refractivity contribution in [2.24, 2.45) is 5.14 Å². The Morgan fingerprint density at radius 3 is 2.45 bits per heavy atom. The van der Waals surface area contributed by atoms with Crippen LogP contribution >= 0.6 is 11.6 Å². The van der Waals surface area contributed by atoms with Crippen LogP contribution in [-0.2, 0) is 29.4 Å². The minimum Gasteiger partial charge on any atom is -0.291 e. The van der Waals surface area contributed by atoms with Crippen molar-refractivity contribution in [3.8, 4) is 0 Å². The molecule has 29 heavy (non-hydrogen) atoms. The summed E-state index contributed by atoms with van der Waals surface area (Å²) < 4.78 is 23.7. The molecule has 1 aliphatic heterocycles. The summed E-state index contributed by atoms with van der Waals surface area (Å²) in [5.41, 5.74) is 4.88. The van der Waals surface area contributed by atoms with E-state index in [1.165, 1.54) is 16.7 Å². The second-order valence-corrected chi connectivity index (χ2v) is 9.37. The lowest BCUT2D eigenvalue weighted by Gasteiger charge is -2.37. The lowest BCUT2D eigenvalue weighted by atomic mass is 9.88. The highest BCUT2D eigenvalue weighted by molar-refractivity contribution is 7.89. The molecule has 0 saturated carbocycles. The molecule has 6 heteroatoms. The number of sulfonamides is 1. The number of nitrogens with two attached hydrogens (primary N) is 1. The van der Waals surface area contributed by atoms with E-state index in [-0.39, 0.29) is 16.0 Å². The highest BCUT2D eigenvalue weighted by Crippen LogP contribution is 2.34. The van der Waals surface area contributed by atoms with Crippen LogP contribution in [0, 0.1) is 0 Å². The van der Waals surface area contributed by atoms with Crippen LogP contribution in [0.5, 0.6) is 0 Å². The molecule has 0 spiro atoms. The Morgan fingerprint density at radius 1 is 0.966 bits per heavy atom. The summed E-state index contributed by atoms with van der Waals surface area (Å²) in [7, 11) is -3.86. The van der Waals surface area contributed by atoms with E-state index in [0.29, 0.717) is 6.54 Å². The molecule has 2 N–H and O–H groups in total. The van der Waals surface area contributed by atoms with E-state index in [1.54, 1.807) is 12.1 Å². The molecule has 1 aliphatic rings. The van der Waals surface area contributed by atoms with Gasteiger partial charge >= 0.3 is 0 Å². The second kappa shape index (κ2) is 8.28. The Balaban J connectivity index is 1.67. The maximum atomic E-state index is 11.8. The molecule has 0 aliphatic carbocycles. The SMILES string of the molecule is NS(=O)(=O)c1cc(CN2CCc3ccccc3C2Cc2ccccc2)ccc1Cl. The van der Waals surface area contributed by atoms with Gasteiger partial charge in [-0.1, -0.05) is 72.3 Å². The van der Waals surface area contributed by atoms with Crippen LogP contribution in [0.15, 0.2) is 77.7 Å². The lowest BCUT2D eigenvalue weighted by Crippen LogP contribution is -2.36. The Labute approximate surface area is 177 Å². The van der Waals surface area contributed by atoms with Gasteiger partial charge in [-0.05, 0) is 47.2 Å². The predicted molar refractivity (Wildman–Crippen MR) is 116 cm³/mol. The molecular weight excluding hydrogens is 404 g/mol. The largest absolute Gasteiger partial charge is 0.291 e. The number of halogens is 1. The first-order valence-corrected chi connectivity index (χ1v) is 11.5. The molecule has 0 amide bonds. The highest BCUT2D eigenvalue weighted by atomic mass is 35.5. The van der Waals surface area contributed by atoms with Gasteiger partial charge in [0.15, 0.2) is 0 Å². The minimum atomic E-state index is -3.86. The number of hydrogen-bond acceptors (Lipinski definition) is 3. The van der Waals surface area contributed by atoms with Crippen LogP contribution in [0.4, 0.5) is 0 Å². The minimum absolute atomic E-state index is 0.0197. The van der Waals surface area contributed by atoms with E-state index in [9.17, 15) is 8.42 Å². The first-order chi connectivity index (χ1) is 13.9. The maximum absolute atomic E-state index is 11.8. The van der Waals surface area contributed by atoms with Crippen molar-refractivity contribution >= 4 is 21.6 Å². The Morgan fingerprint density at radius 2 is 1.69 bits per heavy atom. The highest BCUT2D eigenvalue weighted by Gasteiger charge is 2.27. The van der Waals surface area contributed by atoms with Crippen LogP contribution in [0.3, 0.4) is 0 Å². The van der Waals surface area contributed by atoms with Crippen LogP contribution in [0.1, 0.15) is 28.3 Å². The van der Waals surface area contributed by atoms with E-state index in [0.717, 1.165) is 24.9 Å². The average Bonchev–Trinajstić information content (AvgIpc) is 2.71.